The highest BCUT2D eigenvalue weighted by Gasteiger charge is 2.15. The lowest BCUT2D eigenvalue weighted by molar-refractivity contribution is -0.141. The van der Waals surface area contributed by atoms with E-state index >= 15 is 0 Å². The van der Waals surface area contributed by atoms with Gasteiger partial charge in [0.2, 0.25) is 5.91 Å². The molecule has 0 unspecified atom stereocenters. The Morgan fingerprint density at radius 3 is 2.29 bits per heavy atom. The Morgan fingerprint density at radius 1 is 1.00 bits per heavy atom. The highest BCUT2D eigenvalue weighted by molar-refractivity contribution is 5.77. The second-order valence-electron chi connectivity index (χ2n) is 5.40. The van der Waals surface area contributed by atoms with Crippen molar-refractivity contribution in [3.63, 3.8) is 0 Å². The molecule has 0 heterocycles. The molecule has 24 heavy (non-hydrogen) atoms. The van der Waals surface area contributed by atoms with Crippen molar-refractivity contribution in [1.82, 2.24) is 4.90 Å². The average molecular weight is 337 g/mol. The minimum Gasteiger partial charge on any atom is -0.493 e. The number of rotatable bonds is 10. The second-order valence-corrected chi connectivity index (χ2v) is 5.40. The van der Waals surface area contributed by atoms with Gasteiger partial charge in [-0.25, -0.2) is 0 Å². The Labute approximate surface area is 143 Å². The minimum absolute atomic E-state index is 0.0573. The van der Waals surface area contributed by atoms with Gasteiger partial charge in [0, 0.05) is 19.5 Å². The number of amides is 1. The molecule has 0 aliphatic rings. The van der Waals surface area contributed by atoms with Crippen LogP contribution in [-0.4, -0.2) is 51.2 Å². The number of esters is 1. The van der Waals surface area contributed by atoms with Crippen LogP contribution in [0.1, 0.15) is 31.7 Å². The number of ether oxygens (including phenoxy) is 3. The van der Waals surface area contributed by atoms with E-state index in [1.165, 1.54) is 7.11 Å². The number of hydrogen-bond donors (Lipinski definition) is 0. The van der Waals surface area contributed by atoms with Gasteiger partial charge in [0.05, 0.1) is 27.8 Å². The van der Waals surface area contributed by atoms with E-state index in [9.17, 15) is 9.59 Å². The number of hydrogen-bond acceptors (Lipinski definition) is 5. The van der Waals surface area contributed by atoms with Crippen LogP contribution in [0.3, 0.4) is 0 Å². The number of benzene rings is 1. The summed E-state index contributed by atoms with van der Waals surface area (Å²) in [6, 6.07) is 5.70. The molecule has 6 heteroatoms. The molecule has 1 amide bonds. The third-order valence-corrected chi connectivity index (χ3v) is 3.75. The van der Waals surface area contributed by atoms with Crippen molar-refractivity contribution in [3.05, 3.63) is 23.8 Å². The van der Waals surface area contributed by atoms with Crippen molar-refractivity contribution < 1.29 is 23.8 Å². The Bertz CT molecular complexity index is 544. The molecule has 1 aromatic carbocycles. The van der Waals surface area contributed by atoms with Crippen LogP contribution in [0, 0.1) is 0 Å². The standard InChI is InChI=1S/C18H27NO5/c1-5-6-17(20)19(12-10-18(21)24-4)11-9-14-7-8-15(22-2)16(13-14)23-3/h7-8,13H,5-6,9-12H2,1-4H3. The topological polar surface area (TPSA) is 65.1 Å². The lowest BCUT2D eigenvalue weighted by Crippen LogP contribution is -2.34. The lowest BCUT2D eigenvalue weighted by Gasteiger charge is -2.22. The molecule has 0 aliphatic heterocycles. The fraction of sp³-hybridized carbons (Fsp3) is 0.556. The summed E-state index contributed by atoms with van der Waals surface area (Å²) in [5, 5.41) is 0. The van der Waals surface area contributed by atoms with Crippen LogP contribution in [0.4, 0.5) is 0 Å². The van der Waals surface area contributed by atoms with Crippen molar-refractivity contribution in [1.29, 1.82) is 0 Å². The number of methoxy groups -OCH3 is 3. The molecule has 0 spiro atoms. The Balaban J connectivity index is 2.72. The Kier molecular flexibility index (Phi) is 8.68. The van der Waals surface area contributed by atoms with Crippen molar-refractivity contribution >= 4 is 11.9 Å². The van der Waals surface area contributed by atoms with E-state index in [2.05, 4.69) is 4.74 Å². The zero-order valence-corrected chi connectivity index (χ0v) is 15.0. The number of carbonyl (C=O) groups is 2. The predicted molar refractivity (Wildman–Crippen MR) is 91.4 cm³/mol. The fourth-order valence-electron chi connectivity index (χ4n) is 2.36. The van der Waals surface area contributed by atoms with Gasteiger partial charge in [0.1, 0.15) is 0 Å². The van der Waals surface area contributed by atoms with E-state index in [1.807, 2.05) is 25.1 Å². The van der Waals surface area contributed by atoms with Gasteiger partial charge >= 0.3 is 5.97 Å². The zero-order chi connectivity index (χ0) is 17.9. The molecule has 0 saturated carbocycles. The lowest BCUT2D eigenvalue weighted by atomic mass is 10.1. The third-order valence-electron chi connectivity index (χ3n) is 3.75. The van der Waals surface area contributed by atoms with Crippen molar-refractivity contribution in [3.8, 4) is 11.5 Å². The van der Waals surface area contributed by atoms with Gasteiger partial charge in [-0.1, -0.05) is 13.0 Å². The predicted octanol–water partition coefficient (Wildman–Crippen LogP) is 2.44. The normalized spacial score (nSPS) is 10.2. The fourth-order valence-corrected chi connectivity index (χ4v) is 2.36. The summed E-state index contributed by atoms with van der Waals surface area (Å²) in [7, 11) is 4.54. The SMILES string of the molecule is CCCC(=O)N(CCC(=O)OC)CCc1ccc(OC)c(OC)c1. The van der Waals surface area contributed by atoms with Gasteiger partial charge < -0.3 is 19.1 Å². The summed E-state index contributed by atoms with van der Waals surface area (Å²) >= 11 is 0. The summed E-state index contributed by atoms with van der Waals surface area (Å²) in [5.74, 6) is 1.08. The van der Waals surface area contributed by atoms with Crippen LogP contribution < -0.4 is 9.47 Å². The molecule has 1 aromatic rings. The van der Waals surface area contributed by atoms with Gasteiger partial charge in [0.25, 0.3) is 0 Å². The largest absolute Gasteiger partial charge is 0.493 e. The molecule has 6 nitrogen and oxygen atoms in total. The highest BCUT2D eigenvalue weighted by atomic mass is 16.5. The van der Waals surface area contributed by atoms with E-state index in [0.717, 1.165) is 12.0 Å². The summed E-state index contributed by atoms with van der Waals surface area (Å²) in [6.07, 6.45) is 2.14. The number of nitrogens with zero attached hydrogens (tertiary/aromatic N) is 1. The monoisotopic (exact) mass is 337 g/mol. The molecule has 0 N–H and O–H groups in total. The smallest absolute Gasteiger partial charge is 0.307 e. The maximum Gasteiger partial charge on any atom is 0.307 e. The molecule has 0 saturated heterocycles. The van der Waals surface area contributed by atoms with Crippen LogP contribution in [-0.2, 0) is 20.7 Å². The van der Waals surface area contributed by atoms with E-state index in [4.69, 9.17) is 9.47 Å². The molecule has 0 aromatic heterocycles. The van der Waals surface area contributed by atoms with E-state index < -0.39 is 0 Å². The first-order chi connectivity index (χ1) is 11.5. The Morgan fingerprint density at radius 2 is 1.71 bits per heavy atom. The average Bonchev–Trinajstić information content (AvgIpc) is 2.61. The maximum absolute atomic E-state index is 12.2. The van der Waals surface area contributed by atoms with Crippen LogP contribution in [0.25, 0.3) is 0 Å². The van der Waals surface area contributed by atoms with Crippen LogP contribution in [0.5, 0.6) is 11.5 Å². The first-order valence-electron chi connectivity index (χ1n) is 8.11. The van der Waals surface area contributed by atoms with Crippen LogP contribution in [0.2, 0.25) is 0 Å². The highest BCUT2D eigenvalue weighted by Crippen LogP contribution is 2.27. The first kappa shape index (κ1) is 19.8. The molecule has 134 valence electrons. The Hall–Kier alpha value is -2.24. The van der Waals surface area contributed by atoms with Crippen LogP contribution >= 0.6 is 0 Å². The third kappa shape index (κ3) is 6.10. The molecular formula is C18H27NO5. The zero-order valence-electron chi connectivity index (χ0n) is 15.0. The molecule has 1 rings (SSSR count). The molecule has 0 fully saturated rings. The van der Waals surface area contributed by atoms with Gasteiger partial charge in [-0.15, -0.1) is 0 Å². The van der Waals surface area contributed by atoms with Gasteiger partial charge in [0.15, 0.2) is 11.5 Å². The van der Waals surface area contributed by atoms with Crippen molar-refractivity contribution in [2.45, 2.75) is 32.6 Å². The van der Waals surface area contributed by atoms with Gasteiger partial charge in [-0.2, -0.15) is 0 Å². The summed E-state index contributed by atoms with van der Waals surface area (Å²) in [5.41, 5.74) is 1.04. The van der Waals surface area contributed by atoms with Gasteiger partial charge in [-0.05, 0) is 30.5 Å². The summed E-state index contributed by atoms with van der Waals surface area (Å²) in [6.45, 7) is 2.88. The molecule has 0 radical (unpaired) electrons. The van der Waals surface area contributed by atoms with E-state index in [1.54, 1.807) is 19.1 Å². The van der Waals surface area contributed by atoms with Gasteiger partial charge in [-0.3, -0.25) is 9.59 Å². The molecule has 0 bridgehead atoms. The van der Waals surface area contributed by atoms with Crippen molar-refractivity contribution in [2.75, 3.05) is 34.4 Å². The summed E-state index contributed by atoms with van der Waals surface area (Å²) in [4.78, 5) is 25.3. The second kappa shape index (κ2) is 10.5. The first-order valence-corrected chi connectivity index (χ1v) is 8.11. The van der Waals surface area contributed by atoms with Crippen molar-refractivity contribution in [2.24, 2.45) is 0 Å². The summed E-state index contributed by atoms with van der Waals surface area (Å²) < 4.78 is 15.2. The molecular weight excluding hydrogens is 310 g/mol. The molecule has 0 atom stereocenters. The number of carbonyl (C=O) groups excluding carboxylic acids is 2. The quantitative estimate of drug-likeness (QED) is 0.614. The van der Waals surface area contributed by atoms with E-state index in [0.29, 0.717) is 37.4 Å². The maximum atomic E-state index is 12.2. The molecule has 0 aliphatic carbocycles. The van der Waals surface area contributed by atoms with Crippen LogP contribution in [0.15, 0.2) is 18.2 Å². The van der Waals surface area contributed by atoms with E-state index in [-0.39, 0.29) is 18.3 Å². The minimum atomic E-state index is -0.310.